The fraction of sp³-hybridized carbons (Fsp3) is 0.222. The summed E-state index contributed by atoms with van der Waals surface area (Å²) in [5.41, 5.74) is 0.798. The molecule has 9 heteroatoms. The zero-order chi connectivity index (χ0) is 19.8. The molecule has 0 atom stereocenters. The van der Waals surface area contributed by atoms with Crippen LogP contribution in [0.25, 0.3) is 10.9 Å². The zero-order valence-corrected chi connectivity index (χ0v) is 14.8. The standard InChI is InChI=1S/C18H18N4O5/c1-3-26-17(24)15-14(12-7-5-6-8-13(12)21-15)20-10-11(9-19)16(23)22-18(25)27-4-2/h5-8,10,20-21H,3-4H2,1-2H3,(H,22,23,25)/b11-10-. The molecular weight excluding hydrogens is 352 g/mol. The number of carbonyl (C=O) groups is 3. The second kappa shape index (κ2) is 9.05. The Kier molecular flexibility index (Phi) is 6.55. The number of nitrogens with one attached hydrogen (secondary N) is 3. The molecule has 1 heterocycles. The predicted octanol–water partition coefficient (Wildman–Crippen LogP) is 2.44. The Morgan fingerprint density at radius 1 is 1.19 bits per heavy atom. The van der Waals surface area contributed by atoms with E-state index >= 15 is 0 Å². The van der Waals surface area contributed by atoms with Gasteiger partial charge in [-0.25, -0.2) is 9.59 Å². The maximum Gasteiger partial charge on any atom is 0.414 e. The highest BCUT2D eigenvalue weighted by molar-refractivity contribution is 6.08. The van der Waals surface area contributed by atoms with Gasteiger partial charge in [-0.3, -0.25) is 10.1 Å². The molecule has 0 aliphatic heterocycles. The third-order valence-electron chi connectivity index (χ3n) is 3.40. The summed E-state index contributed by atoms with van der Waals surface area (Å²) < 4.78 is 9.62. The van der Waals surface area contributed by atoms with E-state index in [0.29, 0.717) is 16.6 Å². The lowest BCUT2D eigenvalue weighted by Crippen LogP contribution is -2.32. The predicted molar refractivity (Wildman–Crippen MR) is 96.7 cm³/mol. The van der Waals surface area contributed by atoms with Crippen LogP contribution in [0.2, 0.25) is 0 Å². The van der Waals surface area contributed by atoms with Crippen molar-refractivity contribution >= 4 is 34.6 Å². The molecular formula is C18H18N4O5. The number of fused-ring (bicyclic) bond motifs is 1. The fourth-order valence-corrected chi connectivity index (χ4v) is 2.27. The number of rotatable bonds is 6. The molecule has 0 saturated carbocycles. The van der Waals surface area contributed by atoms with Crippen molar-refractivity contribution in [1.82, 2.24) is 10.3 Å². The van der Waals surface area contributed by atoms with Crippen LogP contribution in [0.15, 0.2) is 36.0 Å². The minimum atomic E-state index is -0.956. The Morgan fingerprint density at radius 2 is 1.89 bits per heavy atom. The topological polar surface area (TPSA) is 133 Å². The Balaban J connectivity index is 2.33. The lowest BCUT2D eigenvalue weighted by atomic mass is 10.2. The van der Waals surface area contributed by atoms with Crippen LogP contribution in [0.3, 0.4) is 0 Å². The van der Waals surface area contributed by atoms with Crippen molar-refractivity contribution in [3.63, 3.8) is 0 Å². The highest BCUT2D eigenvalue weighted by Gasteiger charge is 2.19. The third kappa shape index (κ3) is 4.64. The van der Waals surface area contributed by atoms with Crippen molar-refractivity contribution in [2.45, 2.75) is 13.8 Å². The summed E-state index contributed by atoms with van der Waals surface area (Å²) in [5.74, 6) is -1.51. The van der Waals surface area contributed by atoms with E-state index in [1.165, 1.54) is 0 Å². The first kappa shape index (κ1) is 19.5. The number of para-hydroxylation sites is 1. The average Bonchev–Trinajstić information content (AvgIpc) is 3.01. The second-order valence-corrected chi connectivity index (χ2v) is 5.13. The van der Waals surface area contributed by atoms with Gasteiger partial charge in [0.2, 0.25) is 0 Å². The minimum absolute atomic E-state index is 0.0845. The van der Waals surface area contributed by atoms with Gasteiger partial charge in [-0.1, -0.05) is 18.2 Å². The van der Waals surface area contributed by atoms with Crippen LogP contribution in [0.5, 0.6) is 0 Å². The number of hydrogen-bond donors (Lipinski definition) is 3. The van der Waals surface area contributed by atoms with Crippen molar-refractivity contribution in [3.05, 3.63) is 41.7 Å². The molecule has 27 heavy (non-hydrogen) atoms. The van der Waals surface area contributed by atoms with E-state index in [0.717, 1.165) is 6.20 Å². The van der Waals surface area contributed by atoms with Gasteiger partial charge in [-0.15, -0.1) is 0 Å². The van der Waals surface area contributed by atoms with E-state index in [1.807, 2.05) is 5.32 Å². The number of benzene rings is 1. The Hall–Kier alpha value is -3.80. The van der Waals surface area contributed by atoms with Gasteiger partial charge in [-0.05, 0) is 19.9 Å². The lowest BCUT2D eigenvalue weighted by Gasteiger charge is -2.06. The maximum atomic E-state index is 12.2. The smallest absolute Gasteiger partial charge is 0.414 e. The molecule has 1 aromatic heterocycles. The van der Waals surface area contributed by atoms with E-state index in [9.17, 15) is 19.6 Å². The molecule has 2 amide bonds. The monoisotopic (exact) mass is 370 g/mol. The molecule has 0 aliphatic carbocycles. The summed E-state index contributed by atoms with van der Waals surface area (Å²) in [7, 11) is 0. The van der Waals surface area contributed by atoms with Gasteiger partial charge in [0.25, 0.3) is 5.91 Å². The number of nitriles is 1. The minimum Gasteiger partial charge on any atom is -0.461 e. The largest absolute Gasteiger partial charge is 0.461 e. The van der Waals surface area contributed by atoms with E-state index in [-0.39, 0.29) is 24.5 Å². The highest BCUT2D eigenvalue weighted by atomic mass is 16.5. The summed E-state index contributed by atoms with van der Waals surface area (Å²) in [6.07, 6.45) is 0.148. The summed E-state index contributed by atoms with van der Waals surface area (Å²) >= 11 is 0. The van der Waals surface area contributed by atoms with Gasteiger partial charge in [0, 0.05) is 17.1 Å². The number of aromatic nitrogens is 1. The maximum absolute atomic E-state index is 12.2. The molecule has 9 nitrogen and oxygen atoms in total. The normalized spacial score (nSPS) is 10.8. The van der Waals surface area contributed by atoms with Gasteiger partial charge in [-0.2, -0.15) is 5.26 Å². The summed E-state index contributed by atoms with van der Waals surface area (Å²) in [4.78, 5) is 38.4. The van der Waals surface area contributed by atoms with Crippen molar-refractivity contribution in [1.29, 1.82) is 5.26 Å². The van der Waals surface area contributed by atoms with Gasteiger partial charge in [0.1, 0.15) is 17.3 Å². The molecule has 0 saturated heterocycles. The average molecular weight is 370 g/mol. The van der Waals surface area contributed by atoms with E-state index in [1.54, 1.807) is 44.2 Å². The molecule has 0 spiro atoms. The van der Waals surface area contributed by atoms with Crippen molar-refractivity contribution in [2.24, 2.45) is 0 Å². The molecule has 0 unspecified atom stereocenters. The van der Waals surface area contributed by atoms with Crippen LogP contribution < -0.4 is 10.6 Å². The number of H-pyrrole nitrogens is 1. The number of aromatic amines is 1. The van der Waals surface area contributed by atoms with Gasteiger partial charge in [0.15, 0.2) is 0 Å². The Labute approximate surface area is 154 Å². The number of hydrogen-bond acceptors (Lipinski definition) is 7. The second-order valence-electron chi connectivity index (χ2n) is 5.13. The number of ether oxygens (including phenoxy) is 2. The van der Waals surface area contributed by atoms with Crippen LogP contribution in [0.1, 0.15) is 24.3 Å². The Bertz CT molecular complexity index is 939. The molecule has 0 fully saturated rings. The van der Waals surface area contributed by atoms with Crippen molar-refractivity contribution in [3.8, 4) is 6.07 Å². The highest BCUT2D eigenvalue weighted by Crippen LogP contribution is 2.28. The summed E-state index contributed by atoms with van der Waals surface area (Å²) in [5, 5.41) is 14.5. The first-order valence-corrected chi connectivity index (χ1v) is 8.14. The first-order chi connectivity index (χ1) is 13.0. The van der Waals surface area contributed by atoms with Crippen LogP contribution in [0, 0.1) is 11.3 Å². The number of nitrogens with zero attached hydrogens (tertiary/aromatic N) is 1. The van der Waals surface area contributed by atoms with Crippen molar-refractivity contribution in [2.75, 3.05) is 18.5 Å². The van der Waals surface area contributed by atoms with Crippen molar-refractivity contribution < 1.29 is 23.9 Å². The number of esters is 1. The first-order valence-electron chi connectivity index (χ1n) is 8.14. The lowest BCUT2D eigenvalue weighted by molar-refractivity contribution is -0.116. The van der Waals surface area contributed by atoms with E-state index in [2.05, 4.69) is 15.0 Å². The molecule has 2 aromatic rings. The number of imide groups is 1. The van der Waals surface area contributed by atoms with Gasteiger partial charge >= 0.3 is 12.1 Å². The van der Waals surface area contributed by atoms with E-state index < -0.39 is 18.0 Å². The number of carbonyl (C=O) groups excluding carboxylic acids is 3. The molecule has 3 N–H and O–H groups in total. The molecule has 0 radical (unpaired) electrons. The van der Waals surface area contributed by atoms with Gasteiger partial charge < -0.3 is 19.8 Å². The van der Waals surface area contributed by atoms with Crippen LogP contribution in [-0.4, -0.2) is 36.2 Å². The summed E-state index contributed by atoms with van der Waals surface area (Å²) in [6, 6.07) is 8.78. The number of anilines is 1. The van der Waals surface area contributed by atoms with Crippen LogP contribution in [-0.2, 0) is 14.3 Å². The quantitative estimate of drug-likeness (QED) is 0.404. The third-order valence-corrected chi connectivity index (χ3v) is 3.40. The molecule has 0 aliphatic rings. The van der Waals surface area contributed by atoms with Crippen LogP contribution >= 0.6 is 0 Å². The molecule has 2 rings (SSSR count). The van der Waals surface area contributed by atoms with Gasteiger partial charge in [0.05, 0.1) is 18.9 Å². The zero-order valence-electron chi connectivity index (χ0n) is 14.8. The SMILES string of the molecule is CCOC(=O)NC(=O)/C(C#N)=C\Nc1c(C(=O)OCC)[nH]c2ccccc12. The Morgan fingerprint density at radius 3 is 2.56 bits per heavy atom. The molecule has 0 bridgehead atoms. The molecule has 140 valence electrons. The van der Waals surface area contributed by atoms with Crippen LogP contribution in [0.4, 0.5) is 10.5 Å². The summed E-state index contributed by atoms with van der Waals surface area (Å²) in [6.45, 7) is 3.54. The number of alkyl carbamates (subject to hydrolysis) is 1. The molecule has 1 aromatic carbocycles. The van der Waals surface area contributed by atoms with E-state index in [4.69, 9.17) is 4.74 Å². The fourth-order valence-electron chi connectivity index (χ4n) is 2.27. The number of amides is 2.